The molecule has 0 saturated heterocycles. The van der Waals surface area contributed by atoms with Crippen LogP contribution in [0.1, 0.15) is 0 Å². The van der Waals surface area contributed by atoms with Crippen molar-refractivity contribution in [3.63, 3.8) is 0 Å². The number of halogens is 1. The van der Waals surface area contributed by atoms with Crippen LogP contribution in [0, 0.1) is 5.82 Å². The van der Waals surface area contributed by atoms with Gasteiger partial charge in [0.15, 0.2) is 11.6 Å². The van der Waals surface area contributed by atoms with Crippen LogP contribution >= 0.6 is 0 Å². The van der Waals surface area contributed by atoms with Gasteiger partial charge in [-0.05, 0) is 66.7 Å². The molecule has 2 aromatic heterocycles. The highest BCUT2D eigenvalue weighted by Gasteiger charge is 2.14. The molecule has 29 heavy (non-hydrogen) atoms. The molecular weight excluding hydrogens is 395 g/mol. The lowest BCUT2D eigenvalue weighted by Gasteiger charge is -2.10. The number of sulfonamides is 1. The molecule has 2 heterocycles. The zero-order chi connectivity index (χ0) is 20.3. The first-order valence-corrected chi connectivity index (χ1v) is 9.97. The van der Waals surface area contributed by atoms with E-state index in [2.05, 4.69) is 25.3 Å². The van der Waals surface area contributed by atoms with Gasteiger partial charge in [0.2, 0.25) is 0 Å². The number of nitrogens with one attached hydrogen (secondary N) is 2. The third-order valence-electron chi connectivity index (χ3n) is 3.92. The van der Waals surface area contributed by atoms with E-state index < -0.39 is 15.8 Å². The first-order chi connectivity index (χ1) is 14.0. The highest BCUT2D eigenvalue weighted by Crippen LogP contribution is 2.20. The monoisotopic (exact) mass is 410 g/mol. The van der Waals surface area contributed by atoms with Gasteiger partial charge in [-0.2, -0.15) is 5.10 Å². The molecule has 4 rings (SSSR count). The number of anilines is 3. The van der Waals surface area contributed by atoms with Crippen LogP contribution in [-0.2, 0) is 10.0 Å². The summed E-state index contributed by atoms with van der Waals surface area (Å²) in [6.07, 6.45) is 3.42. The molecule has 0 unspecified atom stereocenters. The number of benzene rings is 2. The molecule has 0 radical (unpaired) electrons. The van der Waals surface area contributed by atoms with Gasteiger partial charge in [0.25, 0.3) is 10.0 Å². The molecule has 0 atom stereocenters. The van der Waals surface area contributed by atoms with Crippen LogP contribution in [0.5, 0.6) is 0 Å². The van der Waals surface area contributed by atoms with Crippen molar-refractivity contribution < 1.29 is 12.8 Å². The quantitative estimate of drug-likeness (QED) is 0.505. The third kappa shape index (κ3) is 4.38. The largest absolute Gasteiger partial charge is 0.339 e. The summed E-state index contributed by atoms with van der Waals surface area (Å²) in [5.41, 5.74) is 1.08. The van der Waals surface area contributed by atoms with Crippen LogP contribution in [0.25, 0.3) is 5.82 Å². The van der Waals surface area contributed by atoms with Gasteiger partial charge in [0.1, 0.15) is 5.82 Å². The van der Waals surface area contributed by atoms with Crippen molar-refractivity contribution in [3.05, 3.63) is 84.9 Å². The Balaban J connectivity index is 1.43. The number of aromatic nitrogens is 4. The Bertz CT molecular complexity index is 1190. The lowest BCUT2D eigenvalue weighted by atomic mass is 10.3. The first-order valence-electron chi connectivity index (χ1n) is 8.49. The smallest absolute Gasteiger partial charge is 0.261 e. The van der Waals surface area contributed by atoms with Gasteiger partial charge in [-0.25, -0.2) is 17.5 Å². The van der Waals surface area contributed by atoms with E-state index in [1.165, 1.54) is 12.1 Å². The number of hydrogen-bond donors (Lipinski definition) is 2. The van der Waals surface area contributed by atoms with Crippen molar-refractivity contribution in [1.82, 2.24) is 20.0 Å². The molecule has 8 nitrogen and oxygen atoms in total. The summed E-state index contributed by atoms with van der Waals surface area (Å²) in [4.78, 5) is -0.0198. The fraction of sp³-hybridized carbons (Fsp3) is 0. The van der Waals surface area contributed by atoms with Gasteiger partial charge >= 0.3 is 0 Å². The van der Waals surface area contributed by atoms with Crippen molar-refractivity contribution >= 4 is 27.2 Å². The van der Waals surface area contributed by atoms with E-state index in [1.807, 2.05) is 0 Å². The summed E-state index contributed by atoms with van der Waals surface area (Å²) >= 11 is 0. The van der Waals surface area contributed by atoms with Crippen LogP contribution in [0.3, 0.4) is 0 Å². The molecule has 0 bridgehead atoms. The molecule has 146 valence electrons. The van der Waals surface area contributed by atoms with Gasteiger partial charge in [-0.15, -0.1) is 10.2 Å². The fourth-order valence-electron chi connectivity index (χ4n) is 2.52. The van der Waals surface area contributed by atoms with Gasteiger partial charge in [0, 0.05) is 23.8 Å². The molecule has 2 N–H and O–H groups in total. The first kappa shape index (κ1) is 18.6. The average molecular weight is 410 g/mol. The van der Waals surface area contributed by atoms with E-state index in [0.717, 1.165) is 12.1 Å². The molecule has 0 saturated carbocycles. The molecular formula is C19H15FN6O2S. The van der Waals surface area contributed by atoms with Crippen LogP contribution in [0.4, 0.5) is 21.6 Å². The minimum absolute atomic E-state index is 0.0198. The standard InChI is InChI=1S/C19H15FN6O2S/c20-14-2-8-17(9-3-14)29(27,28)25-16-6-4-15(5-7-16)22-18-10-11-19(24-23-18)26-13-1-12-21-26/h1-13,25H,(H,22,23). The van der Waals surface area contributed by atoms with Crippen molar-refractivity contribution in [2.75, 3.05) is 10.0 Å². The van der Waals surface area contributed by atoms with Crippen molar-refractivity contribution in [2.24, 2.45) is 0 Å². The van der Waals surface area contributed by atoms with E-state index in [0.29, 0.717) is 23.0 Å². The molecule has 0 aliphatic carbocycles. The molecule has 0 fully saturated rings. The summed E-state index contributed by atoms with van der Waals surface area (Å²) in [5, 5.41) is 15.4. The lowest BCUT2D eigenvalue weighted by molar-refractivity contribution is 0.599. The van der Waals surface area contributed by atoms with Crippen LogP contribution < -0.4 is 10.0 Å². The Morgan fingerprint density at radius 3 is 2.21 bits per heavy atom. The second kappa shape index (κ2) is 7.68. The summed E-state index contributed by atoms with van der Waals surface area (Å²) in [7, 11) is -3.80. The van der Waals surface area contributed by atoms with Gasteiger partial charge < -0.3 is 5.32 Å². The fourth-order valence-corrected chi connectivity index (χ4v) is 3.57. The van der Waals surface area contributed by atoms with Crippen LogP contribution in [0.15, 0.2) is 84.0 Å². The van der Waals surface area contributed by atoms with E-state index >= 15 is 0 Å². The van der Waals surface area contributed by atoms with Crippen LogP contribution in [-0.4, -0.2) is 28.4 Å². The summed E-state index contributed by atoms with van der Waals surface area (Å²) in [6.45, 7) is 0. The molecule has 2 aromatic carbocycles. The van der Waals surface area contributed by atoms with Crippen molar-refractivity contribution in [1.29, 1.82) is 0 Å². The third-order valence-corrected chi connectivity index (χ3v) is 5.32. The minimum Gasteiger partial charge on any atom is -0.339 e. The van der Waals surface area contributed by atoms with E-state index in [1.54, 1.807) is 59.5 Å². The maximum atomic E-state index is 13.0. The summed E-state index contributed by atoms with van der Waals surface area (Å²) in [5.74, 6) is 0.617. The van der Waals surface area contributed by atoms with E-state index in [-0.39, 0.29) is 4.90 Å². The lowest BCUT2D eigenvalue weighted by Crippen LogP contribution is -2.12. The molecule has 0 spiro atoms. The maximum absolute atomic E-state index is 13.0. The number of hydrogen-bond acceptors (Lipinski definition) is 6. The highest BCUT2D eigenvalue weighted by molar-refractivity contribution is 7.92. The highest BCUT2D eigenvalue weighted by atomic mass is 32.2. The second-order valence-corrected chi connectivity index (χ2v) is 7.67. The molecule has 0 aliphatic rings. The van der Waals surface area contributed by atoms with Gasteiger partial charge in [0.05, 0.1) is 4.90 Å². The number of nitrogens with zero attached hydrogens (tertiary/aromatic N) is 4. The molecule has 0 amide bonds. The molecule has 0 aliphatic heterocycles. The Kier molecular flexibility index (Phi) is 4.92. The molecule has 4 aromatic rings. The summed E-state index contributed by atoms with van der Waals surface area (Å²) < 4.78 is 41.7. The normalized spacial score (nSPS) is 11.2. The minimum atomic E-state index is -3.80. The Labute approximate surface area is 166 Å². The zero-order valence-corrected chi connectivity index (χ0v) is 15.7. The average Bonchev–Trinajstić information content (AvgIpc) is 3.25. The van der Waals surface area contributed by atoms with Crippen molar-refractivity contribution in [3.8, 4) is 5.82 Å². The predicted octanol–water partition coefficient (Wildman–Crippen LogP) is 3.35. The Hall–Kier alpha value is -3.79. The topological polar surface area (TPSA) is 102 Å². The predicted molar refractivity (Wildman–Crippen MR) is 106 cm³/mol. The Morgan fingerprint density at radius 1 is 0.862 bits per heavy atom. The van der Waals surface area contributed by atoms with E-state index in [9.17, 15) is 12.8 Å². The Morgan fingerprint density at radius 2 is 1.59 bits per heavy atom. The SMILES string of the molecule is O=S(=O)(Nc1ccc(Nc2ccc(-n3cccn3)nn2)cc1)c1ccc(F)cc1. The maximum Gasteiger partial charge on any atom is 0.261 e. The van der Waals surface area contributed by atoms with Gasteiger partial charge in [-0.1, -0.05) is 0 Å². The van der Waals surface area contributed by atoms with Gasteiger partial charge in [-0.3, -0.25) is 4.72 Å². The zero-order valence-electron chi connectivity index (χ0n) is 14.9. The summed E-state index contributed by atoms with van der Waals surface area (Å²) in [6, 6.07) is 16.5. The van der Waals surface area contributed by atoms with Crippen molar-refractivity contribution in [2.45, 2.75) is 4.90 Å². The van der Waals surface area contributed by atoms with Crippen LogP contribution in [0.2, 0.25) is 0 Å². The molecule has 10 heteroatoms. The van der Waals surface area contributed by atoms with E-state index in [4.69, 9.17) is 0 Å². The number of rotatable bonds is 6. The second-order valence-electron chi connectivity index (χ2n) is 5.99.